The number of aliphatic hydroxyl groups is 1. The summed E-state index contributed by atoms with van der Waals surface area (Å²) >= 11 is 1.49. The molecule has 1 saturated heterocycles. The number of primary amides is 1. The maximum Gasteiger partial charge on any atom is 0.417 e. The summed E-state index contributed by atoms with van der Waals surface area (Å²) in [5.41, 5.74) is 6.25. The van der Waals surface area contributed by atoms with Crippen LogP contribution in [0.15, 0.2) is 59.6 Å². The Labute approximate surface area is 209 Å². The van der Waals surface area contributed by atoms with E-state index < -0.39 is 23.8 Å². The lowest BCUT2D eigenvalue weighted by molar-refractivity contribution is -0.137. The molecule has 4 N–H and O–H groups in total. The minimum atomic E-state index is -4.44. The van der Waals surface area contributed by atoms with Crippen molar-refractivity contribution >= 4 is 23.7 Å². The third-order valence-electron chi connectivity index (χ3n) is 5.65. The second-order valence-corrected chi connectivity index (χ2v) is 9.36. The number of methoxy groups -OCH3 is 1. The van der Waals surface area contributed by atoms with Crippen molar-refractivity contribution in [2.45, 2.75) is 29.6 Å². The zero-order valence-corrected chi connectivity index (χ0v) is 20.0. The van der Waals surface area contributed by atoms with Gasteiger partial charge in [0.25, 0.3) is 5.91 Å². The molecule has 1 fully saturated rings. The second-order valence-electron chi connectivity index (χ2n) is 8.19. The lowest BCUT2D eigenvalue weighted by atomic mass is 10.0. The Bertz CT molecular complexity index is 1210. The minimum absolute atomic E-state index is 0.111. The lowest BCUT2D eigenvalue weighted by Gasteiger charge is -2.35. The fraction of sp³-hybridized carbons (Fsp3) is 0.292. The van der Waals surface area contributed by atoms with Crippen molar-refractivity contribution in [1.29, 1.82) is 0 Å². The van der Waals surface area contributed by atoms with Crippen LogP contribution in [0, 0.1) is 0 Å². The van der Waals surface area contributed by atoms with Crippen LogP contribution in [0.2, 0.25) is 0 Å². The maximum absolute atomic E-state index is 12.7. The van der Waals surface area contributed by atoms with E-state index in [0.717, 1.165) is 28.3 Å². The Hall–Kier alpha value is -3.35. The summed E-state index contributed by atoms with van der Waals surface area (Å²) in [6.07, 6.45) is -3.81. The molecule has 3 aromatic rings. The Morgan fingerprint density at radius 1 is 1.19 bits per heavy atom. The number of carbonyl (C=O) groups excluding carboxylic acids is 1. The molecule has 0 spiro atoms. The molecule has 1 aliphatic rings. The lowest BCUT2D eigenvalue weighted by Crippen LogP contribution is -2.47. The molecule has 3 heterocycles. The molecule has 36 heavy (non-hydrogen) atoms. The van der Waals surface area contributed by atoms with Gasteiger partial charge in [-0.3, -0.25) is 4.79 Å². The number of rotatable bonds is 7. The summed E-state index contributed by atoms with van der Waals surface area (Å²) < 4.78 is 45.3. The number of hydrogen-bond donors (Lipinski definition) is 3. The Balaban J connectivity index is 1.35. The van der Waals surface area contributed by atoms with Crippen molar-refractivity contribution in [1.82, 2.24) is 14.3 Å². The summed E-state index contributed by atoms with van der Waals surface area (Å²) in [6, 6.07) is 12.9. The number of anilines is 1. The number of nitrogens with one attached hydrogen (secondary N) is 1. The van der Waals surface area contributed by atoms with Crippen molar-refractivity contribution in [3.05, 3.63) is 66.0 Å². The summed E-state index contributed by atoms with van der Waals surface area (Å²) in [5.74, 6) is -0.0689. The minimum Gasteiger partial charge on any atom is -0.481 e. The molecule has 12 heteroatoms. The summed E-state index contributed by atoms with van der Waals surface area (Å²) in [5, 5.41) is 13.6. The predicted octanol–water partition coefficient (Wildman–Crippen LogP) is 3.82. The first-order valence-electron chi connectivity index (χ1n) is 11.0. The topological polar surface area (TPSA) is 114 Å². The third kappa shape index (κ3) is 6.25. The van der Waals surface area contributed by atoms with E-state index in [1.54, 1.807) is 12.1 Å². The van der Waals surface area contributed by atoms with Crippen LogP contribution in [0.3, 0.4) is 0 Å². The van der Waals surface area contributed by atoms with Gasteiger partial charge in [0.2, 0.25) is 5.88 Å². The molecule has 0 aliphatic carbocycles. The van der Waals surface area contributed by atoms with E-state index in [9.17, 15) is 23.1 Å². The number of aromatic nitrogens is 2. The highest BCUT2D eigenvalue weighted by Crippen LogP contribution is 2.31. The van der Waals surface area contributed by atoms with Crippen LogP contribution in [0.5, 0.6) is 5.88 Å². The highest BCUT2D eigenvalue weighted by atomic mass is 32.2. The zero-order valence-electron chi connectivity index (χ0n) is 19.2. The number of aliphatic hydroxyl groups excluding tert-OH is 1. The average Bonchev–Trinajstić information content (AvgIpc) is 2.85. The number of hydrogen-bond acceptors (Lipinski definition) is 8. The normalized spacial score (nSPS) is 18.6. The van der Waals surface area contributed by atoms with Crippen LogP contribution in [0.1, 0.15) is 22.5 Å². The van der Waals surface area contributed by atoms with Gasteiger partial charge >= 0.3 is 6.18 Å². The monoisotopic (exact) mass is 519 g/mol. The number of alkyl halides is 3. The van der Waals surface area contributed by atoms with Gasteiger partial charge in [-0.2, -0.15) is 13.2 Å². The summed E-state index contributed by atoms with van der Waals surface area (Å²) in [7, 11) is 1.46. The first kappa shape index (κ1) is 25.7. The summed E-state index contributed by atoms with van der Waals surface area (Å²) in [6.45, 7) is 1.03. The van der Waals surface area contributed by atoms with Crippen molar-refractivity contribution in [2.24, 2.45) is 5.73 Å². The van der Waals surface area contributed by atoms with Crippen molar-refractivity contribution < 1.29 is 27.8 Å². The van der Waals surface area contributed by atoms with Crippen molar-refractivity contribution in [3.63, 3.8) is 0 Å². The molecule has 2 unspecified atom stereocenters. The number of β-amino-alcohol motifs (C(OH)–C–C–N with tert-alkyl or cyclic N) is 1. The number of nitrogens with two attached hydrogens (primary N) is 1. The van der Waals surface area contributed by atoms with E-state index in [0.29, 0.717) is 19.5 Å². The van der Waals surface area contributed by atoms with Gasteiger partial charge in [-0.15, -0.1) is 0 Å². The fourth-order valence-corrected chi connectivity index (χ4v) is 4.73. The molecule has 1 amide bonds. The Morgan fingerprint density at radius 2 is 1.94 bits per heavy atom. The van der Waals surface area contributed by atoms with Gasteiger partial charge in [0.15, 0.2) is 0 Å². The van der Waals surface area contributed by atoms with Crippen LogP contribution < -0.4 is 15.8 Å². The van der Waals surface area contributed by atoms with Crippen LogP contribution in [-0.4, -0.2) is 57.6 Å². The number of pyridine rings is 2. The molecule has 0 radical (unpaired) electrons. The molecule has 0 bridgehead atoms. The van der Waals surface area contributed by atoms with Gasteiger partial charge in [0, 0.05) is 30.2 Å². The molecule has 4 rings (SSSR count). The number of piperidine rings is 1. The number of halogens is 3. The van der Waals surface area contributed by atoms with E-state index >= 15 is 0 Å². The SMILES string of the molecule is COc1cc(-c2ccc(SN3CCC(Nc4ccc(C(F)(F)F)cn4)C(O)C3)cc2)cc(C(N)=O)n1. The number of ether oxygens (including phenoxy) is 1. The highest BCUT2D eigenvalue weighted by molar-refractivity contribution is 7.97. The number of carbonyl (C=O) groups is 1. The van der Waals surface area contributed by atoms with Gasteiger partial charge < -0.3 is 20.9 Å². The molecule has 2 atom stereocenters. The average molecular weight is 520 g/mol. The summed E-state index contributed by atoms with van der Waals surface area (Å²) in [4.78, 5) is 20.4. The van der Waals surface area contributed by atoms with Crippen LogP contribution in [0.25, 0.3) is 11.1 Å². The van der Waals surface area contributed by atoms with E-state index in [1.165, 1.54) is 25.1 Å². The van der Waals surface area contributed by atoms with E-state index in [1.807, 2.05) is 28.6 Å². The Kier molecular flexibility index (Phi) is 7.67. The quantitative estimate of drug-likeness (QED) is 0.404. The molecule has 0 saturated carbocycles. The smallest absolute Gasteiger partial charge is 0.417 e. The van der Waals surface area contributed by atoms with Gasteiger partial charge in [-0.25, -0.2) is 14.3 Å². The molecule has 190 valence electrons. The van der Waals surface area contributed by atoms with E-state index in [2.05, 4.69) is 15.3 Å². The number of benzene rings is 1. The standard InChI is InChI=1S/C24H24F3N5O3S/c1-35-22-11-15(10-19(31-22)23(28)34)14-2-5-17(6-3-14)36-32-9-8-18(20(33)13-32)30-21-7-4-16(12-29-21)24(25,26)27/h2-7,10-12,18,20,33H,8-9,13H2,1H3,(H2,28,34)(H,29,30). The van der Waals surface area contributed by atoms with Gasteiger partial charge in [0.05, 0.1) is 24.8 Å². The van der Waals surface area contributed by atoms with Crippen LogP contribution in [0.4, 0.5) is 19.0 Å². The van der Waals surface area contributed by atoms with Crippen LogP contribution in [-0.2, 0) is 6.18 Å². The molecular weight excluding hydrogens is 495 g/mol. The van der Waals surface area contributed by atoms with Gasteiger partial charge in [-0.05, 0) is 59.8 Å². The molecule has 1 aromatic carbocycles. The predicted molar refractivity (Wildman–Crippen MR) is 129 cm³/mol. The molecule has 8 nitrogen and oxygen atoms in total. The van der Waals surface area contributed by atoms with Crippen LogP contribution >= 0.6 is 11.9 Å². The van der Waals surface area contributed by atoms with Crippen molar-refractivity contribution in [2.75, 3.05) is 25.5 Å². The van der Waals surface area contributed by atoms with E-state index in [-0.39, 0.29) is 23.4 Å². The van der Waals surface area contributed by atoms with E-state index in [4.69, 9.17) is 10.5 Å². The van der Waals surface area contributed by atoms with Gasteiger partial charge in [0.1, 0.15) is 11.5 Å². The first-order valence-corrected chi connectivity index (χ1v) is 11.8. The third-order valence-corrected chi connectivity index (χ3v) is 6.73. The number of amides is 1. The highest BCUT2D eigenvalue weighted by Gasteiger charge is 2.31. The largest absolute Gasteiger partial charge is 0.481 e. The fourth-order valence-electron chi connectivity index (χ4n) is 3.75. The van der Waals surface area contributed by atoms with Gasteiger partial charge in [-0.1, -0.05) is 12.1 Å². The second kappa shape index (κ2) is 10.7. The first-order chi connectivity index (χ1) is 17.1. The molecule has 2 aromatic heterocycles. The van der Waals surface area contributed by atoms with Crippen molar-refractivity contribution in [3.8, 4) is 17.0 Å². The maximum atomic E-state index is 12.7. The number of nitrogens with zero attached hydrogens (tertiary/aromatic N) is 3. The zero-order chi connectivity index (χ0) is 25.9. The molecule has 1 aliphatic heterocycles. The Morgan fingerprint density at radius 3 is 2.53 bits per heavy atom. The molecular formula is C24H24F3N5O3S.